The molecule has 2 aliphatic rings. The summed E-state index contributed by atoms with van der Waals surface area (Å²) in [6.45, 7) is 2.21. The van der Waals surface area contributed by atoms with Gasteiger partial charge in [0.05, 0.1) is 0 Å². The van der Waals surface area contributed by atoms with Crippen molar-refractivity contribution in [3.05, 3.63) is 23.8 Å². The molecule has 0 nitrogen and oxygen atoms in total. The van der Waals surface area contributed by atoms with Gasteiger partial charge in [-0.05, 0) is 44.9 Å². The van der Waals surface area contributed by atoms with Crippen molar-refractivity contribution in [3.63, 3.8) is 0 Å². The number of hydrogen-bond acceptors (Lipinski definition) is 1. The average Bonchev–Trinajstić information content (AvgIpc) is 2.85. The third-order valence-electron chi connectivity index (χ3n) is 3.95. The summed E-state index contributed by atoms with van der Waals surface area (Å²) in [6, 6.07) is 0. The Morgan fingerprint density at radius 3 is 2.75 bits per heavy atom. The Bertz CT molecular complexity index is 257. The Kier molecular flexibility index (Phi) is 5.02. The van der Waals surface area contributed by atoms with Crippen LogP contribution in [-0.4, -0.2) is 11.0 Å². The van der Waals surface area contributed by atoms with Crippen LogP contribution < -0.4 is 0 Å². The Morgan fingerprint density at radius 2 is 2.00 bits per heavy atom. The van der Waals surface area contributed by atoms with Crippen molar-refractivity contribution in [2.75, 3.05) is 5.75 Å². The highest BCUT2D eigenvalue weighted by Gasteiger charge is 2.23. The van der Waals surface area contributed by atoms with Crippen LogP contribution in [0.25, 0.3) is 0 Å². The summed E-state index contributed by atoms with van der Waals surface area (Å²) < 4.78 is 0. The number of rotatable bonds is 1. The molecule has 16 heavy (non-hydrogen) atoms. The maximum Gasteiger partial charge on any atom is 0.0146 e. The van der Waals surface area contributed by atoms with Crippen molar-refractivity contribution >= 4 is 11.8 Å². The van der Waals surface area contributed by atoms with Gasteiger partial charge in [0.1, 0.15) is 0 Å². The summed E-state index contributed by atoms with van der Waals surface area (Å²) in [5, 5.41) is 0.919. The Labute approximate surface area is 105 Å². The van der Waals surface area contributed by atoms with Gasteiger partial charge in [-0.15, -0.1) is 0 Å². The second kappa shape index (κ2) is 6.54. The van der Waals surface area contributed by atoms with Crippen LogP contribution in [0.1, 0.15) is 51.9 Å². The first-order valence-electron chi connectivity index (χ1n) is 6.81. The Morgan fingerprint density at radius 1 is 1.19 bits per heavy atom. The largest absolute Gasteiger partial charge is 0.154 e. The van der Waals surface area contributed by atoms with Crippen LogP contribution in [0.5, 0.6) is 0 Å². The third-order valence-corrected chi connectivity index (χ3v) is 5.53. The smallest absolute Gasteiger partial charge is 0.0146 e. The fourth-order valence-corrected chi connectivity index (χ4v) is 4.35. The van der Waals surface area contributed by atoms with Crippen LogP contribution in [-0.2, 0) is 0 Å². The maximum atomic E-state index is 2.38. The van der Waals surface area contributed by atoms with Crippen molar-refractivity contribution in [1.29, 1.82) is 0 Å². The molecule has 0 aromatic heterocycles. The SMILES string of the molecule is C/C=C1/CCCCCC(C2CC=CC2)SC1. The lowest BCUT2D eigenvalue weighted by atomic mass is 9.97. The molecule has 0 saturated carbocycles. The lowest BCUT2D eigenvalue weighted by Crippen LogP contribution is -2.15. The molecule has 1 unspecified atom stereocenters. The van der Waals surface area contributed by atoms with Crippen molar-refractivity contribution in [2.24, 2.45) is 5.92 Å². The summed E-state index contributed by atoms with van der Waals surface area (Å²) in [5.41, 5.74) is 1.68. The van der Waals surface area contributed by atoms with E-state index in [4.69, 9.17) is 0 Å². The molecular formula is C15H24S. The zero-order valence-electron chi connectivity index (χ0n) is 10.5. The third kappa shape index (κ3) is 3.41. The minimum absolute atomic E-state index is 0.919. The molecule has 0 aromatic carbocycles. The highest BCUT2D eigenvalue weighted by Crippen LogP contribution is 2.35. The van der Waals surface area contributed by atoms with Crippen LogP contribution in [0.2, 0.25) is 0 Å². The van der Waals surface area contributed by atoms with E-state index in [9.17, 15) is 0 Å². The van der Waals surface area contributed by atoms with Gasteiger partial charge >= 0.3 is 0 Å². The quantitative estimate of drug-likeness (QED) is 0.580. The van der Waals surface area contributed by atoms with Crippen molar-refractivity contribution in [2.45, 2.75) is 57.1 Å². The van der Waals surface area contributed by atoms with E-state index < -0.39 is 0 Å². The number of thioether (sulfide) groups is 1. The first kappa shape index (κ1) is 12.3. The molecule has 1 heterocycles. The summed E-state index contributed by atoms with van der Waals surface area (Å²) in [7, 11) is 0. The fraction of sp³-hybridized carbons (Fsp3) is 0.733. The van der Waals surface area contributed by atoms with Gasteiger partial charge in [-0.3, -0.25) is 0 Å². The van der Waals surface area contributed by atoms with E-state index in [-0.39, 0.29) is 0 Å². The standard InChI is InChI=1S/C15H24S/c1-2-13-8-4-3-5-11-15(16-12-13)14-9-6-7-10-14/h2,6-7,14-15H,3-5,8-12H2,1H3/b13-2-. The Balaban J connectivity index is 1.90. The van der Waals surface area contributed by atoms with E-state index >= 15 is 0 Å². The fourth-order valence-electron chi connectivity index (χ4n) is 2.79. The molecule has 0 radical (unpaired) electrons. The van der Waals surface area contributed by atoms with Gasteiger partial charge in [-0.25, -0.2) is 0 Å². The Hall–Kier alpha value is -0.170. The predicted octanol–water partition coefficient (Wildman–Crippen LogP) is 4.96. The van der Waals surface area contributed by atoms with Crippen molar-refractivity contribution in [3.8, 4) is 0 Å². The zero-order chi connectivity index (χ0) is 11.2. The lowest BCUT2D eigenvalue weighted by Gasteiger charge is -2.22. The molecule has 2 rings (SSSR count). The molecule has 1 atom stereocenters. The molecule has 1 aliphatic heterocycles. The zero-order valence-corrected chi connectivity index (χ0v) is 11.3. The molecule has 90 valence electrons. The van der Waals surface area contributed by atoms with Crippen LogP contribution >= 0.6 is 11.8 Å². The predicted molar refractivity (Wildman–Crippen MR) is 75.0 cm³/mol. The van der Waals surface area contributed by atoms with Crippen LogP contribution in [0, 0.1) is 5.92 Å². The lowest BCUT2D eigenvalue weighted by molar-refractivity contribution is 0.494. The van der Waals surface area contributed by atoms with Crippen molar-refractivity contribution < 1.29 is 0 Å². The number of hydrogen-bond donors (Lipinski definition) is 0. The molecule has 1 fully saturated rings. The monoisotopic (exact) mass is 236 g/mol. The first-order chi connectivity index (χ1) is 7.90. The second-order valence-corrected chi connectivity index (χ2v) is 6.33. The highest BCUT2D eigenvalue weighted by atomic mass is 32.2. The minimum atomic E-state index is 0.919. The summed E-state index contributed by atoms with van der Waals surface area (Å²) in [6.07, 6.45) is 16.9. The normalized spacial score (nSPS) is 31.3. The molecule has 1 saturated heterocycles. The van der Waals surface area contributed by atoms with Gasteiger partial charge in [0.2, 0.25) is 0 Å². The van der Waals surface area contributed by atoms with E-state index in [0.717, 1.165) is 11.2 Å². The van der Waals surface area contributed by atoms with Gasteiger partial charge in [0, 0.05) is 11.0 Å². The number of allylic oxidation sites excluding steroid dienone is 3. The van der Waals surface area contributed by atoms with Gasteiger partial charge in [0.25, 0.3) is 0 Å². The minimum Gasteiger partial charge on any atom is -0.154 e. The van der Waals surface area contributed by atoms with Gasteiger partial charge in [-0.2, -0.15) is 11.8 Å². The topological polar surface area (TPSA) is 0 Å². The van der Waals surface area contributed by atoms with Crippen LogP contribution in [0.3, 0.4) is 0 Å². The molecule has 1 heteroatoms. The highest BCUT2D eigenvalue weighted by molar-refractivity contribution is 8.00. The van der Waals surface area contributed by atoms with E-state index in [1.807, 2.05) is 0 Å². The average molecular weight is 236 g/mol. The first-order valence-corrected chi connectivity index (χ1v) is 7.85. The molecule has 0 N–H and O–H groups in total. The molecule has 0 bridgehead atoms. The summed E-state index contributed by atoms with van der Waals surface area (Å²) in [4.78, 5) is 0. The summed E-state index contributed by atoms with van der Waals surface area (Å²) >= 11 is 2.23. The second-order valence-electron chi connectivity index (χ2n) is 5.10. The van der Waals surface area contributed by atoms with E-state index in [1.54, 1.807) is 5.57 Å². The molecule has 1 aliphatic carbocycles. The van der Waals surface area contributed by atoms with Crippen molar-refractivity contribution in [1.82, 2.24) is 0 Å². The van der Waals surface area contributed by atoms with E-state index in [2.05, 4.69) is 36.9 Å². The van der Waals surface area contributed by atoms with Crippen LogP contribution in [0.4, 0.5) is 0 Å². The van der Waals surface area contributed by atoms with E-state index in [1.165, 1.54) is 50.7 Å². The van der Waals surface area contributed by atoms with Gasteiger partial charge in [-0.1, -0.05) is 36.6 Å². The van der Waals surface area contributed by atoms with E-state index in [0.29, 0.717) is 0 Å². The van der Waals surface area contributed by atoms with Gasteiger partial charge in [0.15, 0.2) is 0 Å². The molecule has 0 amide bonds. The molecule has 0 aromatic rings. The molecule has 0 spiro atoms. The molecular weight excluding hydrogens is 212 g/mol. The van der Waals surface area contributed by atoms with Crippen LogP contribution in [0.15, 0.2) is 23.8 Å². The summed E-state index contributed by atoms with van der Waals surface area (Å²) in [5.74, 6) is 2.23. The maximum absolute atomic E-state index is 2.38. The van der Waals surface area contributed by atoms with Gasteiger partial charge < -0.3 is 0 Å².